The number of sulfonamides is 1. The summed E-state index contributed by atoms with van der Waals surface area (Å²) in [4.78, 5) is 3.73. The maximum absolute atomic E-state index is 12.0. The SMILES string of the molecule is O=S(=O)(NCC[C@@H]1CCCO1)c1cnc(Cl)c(Cl)c1. The molecular weight excluding hydrogens is 311 g/mol. The van der Waals surface area contributed by atoms with E-state index in [1.54, 1.807) is 0 Å². The van der Waals surface area contributed by atoms with Crippen LogP contribution in [0, 0.1) is 0 Å². The quantitative estimate of drug-likeness (QED) is 0.843. The molecule has 1 aliphatic rings. The van der Waals surface area contributed by atoms with Gasteiger partial charge in [0.05, 0.1) is 11.1 Å². The molecule has 2 rings (SSSR count). The summed E-state index contributed by atoms with van der Waals surface area (Å²) >= 11 is 11.4. The Morgan fingerprint density at radius 2 is 2.26 bits per heavy atom. The molecule has 0 aliphatic carbocycles. The van der Waals surface area contributed by atoms with Gasteiger partial charge in [-0.3, -0.25) is 0 Å². The molecule has 0 unspecified atom stereocenters. The van der Waals surface area contributed by atoms with Crippen LogP contribution < -0.4 is 4.72 Å². The number of aromatic nitrogens is 1. The Morgan fingerprint density at radius 3 is 2.89 bits per heavy atom. The van der Waals surface area contributed by atoms with Crippen LogP contribution in [-0.2, 0) is 14.8 Å². The average Bonchev–Trinajstić information content (AvgIpc) is 2.85. The van der Waals surface area contributed by atoms with Crippen molar-refractivity contribution in [2.24, 2.45) is 0 Å². The summed E-state index contributed by atoms with van der Waals surface area (Å²) in [6.07, 6.45) is 4.01. The molecule has 1 aliphatic heterocycles. The van der Waals surface area contributed by atoms with E-state index in [1.807, 2.05) is 0 Å². The number of nitrogens with one attached hydrogen (secondary N) is 1. The lowest BCUT2D eigenvalue weighted by Crippen LogP contribution is -2.27. The first-order valence-electron chi connectivity index (χ1n) is 5.91. The van der Waals surface area contributed by atoms with E-state index >= 15 is 0 Å². The van der Waals surface area contributed by atoms with Gasteiger partial charge in [0, 0.05) is 19.3 Å². The molecular formula is C11H14Cl2N2O3S. The predicted molar refractivity (Wildman–Crippen MR) is 73.0 cm³/mol. The summed E-state index contributed by atoms with van der Waals surface area (Å²) in [5.41, 5.74) is 0. The number of hydrogen-bond acceptors (Lipinski definition) is 4. The first-order valence-corrected chi connectivity index (χ1v) is 8.15. The lowest BCUT2D eigenvalue weighted by molar-refractivity contribution is 0.105. The molecule has 1 saturated heterocycles. The molecule has 5 nitrogen and oxygen atoms in total. The van der Waals surface area contributed by atoms with E-state index in [9.17, 15) is 8.42 Å². The molecule has 0 radical (unpaired) electrons. The third-order valence-electron chi connectivity index (χ3n) is 2.86. The number of ether oxygens (including phenoxy) is 1. The number of hydrogen-bond donors (Lipinski definition) is 1. The molecule has 1 aromatic heterocycles. The molecule has 0 spiro atoms. The van der Waals surface area contributed by atoms with E-state index < -0.39 is 10.0 Å². The van der Waals surface area contributed by atoms with Crippen LogP contribution in [0.2, 0.25) is 10.2 Å². The Kier molecular flexibility index (Phi) is 5.03. The molecule has 106 valence electrons. The number of pyridine rings is 1. The van der Waals surface area contributed by atoms with Crippen LogP contribution in [-0.4, -0.2) is 32.7 Å². The molecule has 0 saturated carbocycles. The fourth-order valence-corrected chi connectivity index (χ4v) is 3.21. The van der Waals surface area contributed by atoms with Crippen molar-refractivity contribution in [1.29, 1.82) is 0 Å². The highest BCUT2D eigenvalue weighted by atomic mass is 35.5. The molecule has 0 aromatic carbocycles. The minimum Gasteiger partial charge on any atom is -0.378 e. The maximum Gasteiger partial charge on any atom is 0.242 e. The molecule has 19 heavy (non-hydrogen) atoms. The van der Waals surface area contributed by atoms with Crippen molar-refractivity contribution < 1.29 is 13.2 Å². The van der Waals surface area contributed by atoms with Crippen LogP contribution in [0.4, 0.5) is 0 Å². The van der Waals surface area contributed by atoms with Crippen LogP contribution >= 0.6 is 23.2 Å². The standard InChI is InChI=1S/C11H14Cl2N2O3S/c12-10-6-9(7-14-11(10)13)19(16,17)15-4-3-8-2-1-5-18-8/h6-8,15H,1-5H2/t8-/m0/s1. The minimum absolute atomic E-state index is 0.00856. The van der Waals surface area contributed by atoms with Crippen molar-refractivity contribution in [3.8, 4) is 0 Å². The molecule has 2 heterocycles. The van der Waals surface area contributed by atoms with Gasteiger partial charge in [-0.05, 0) is 25.3 Å². The fourth-order valence-electron chi connectivity index (χ4n) is 1.86. The Morgan fingerprint density at radius 1 is 1.47 bits per heavy atom. The van der Waals surface area contributed by atoms with Crippen molar-refractivity contribution in [2.75, 3.05) is 13.2 Å². The number of rotatable bonds is 5. The summed E-state index contributed by atoms with van der Waals surface area (Å²) in [6, 6.07) is 1.28. The van der Waals surface area contributed by atoms with Gasteiger partial charge in [-0.1, -0.05) is 23.2 Å². The van der Waals surface area contributed by atoms with Crippen LogP contribution in [0.5, 0.6) is 0 Å². The van der Waals surface area contributed by atoms with Gasteiger partial charge < -0.3 is 4.74 Å². The molecule has 1 aromatic rings. The first-order chi connectivity index (χ1) is 8.99. The lowest BCUT2D eigenvalue weighted by atomic mass is 10.2. The zero-order valence-electron chi connectivity index (χ0n) is 10.1. The Bertz CT molecular complexity index is 545. The number of nitrogens with zero attached hydrogens (tertiary/aromatic N) is 1. The second kappa shape index (κ2) is 6.37. The second-order valence-corrected chi connectivity index (χ2v) is 6.80. The van der Waals surface area contributed by atoms with Crippen molar-refractivity contribution >= 4 is 33.2 Å². The summed E-state index contributed by atoms with van der Waals surface area (Å²) in [7, 11) is -3.60. The minimum atomic E-state index is -3.60. The van der Waals surface area contributed by atoms with E-state index in [2.05, 4.69) is 9.71 Å². The van der Waals surface area contributed by atoms with E-state index in [0.717, 1.165) is 19.4 Å². The highest BCUT2D eigenvalue weighted by Gasteiger charge is 2.19. The molecule has 1 atom stereocenters. The third kappa shape index (κ3) is 4.03. The first kappa shape index (κ1) is 15.0. The average molecular weight is 325 g/mol. The number of halogens is 2. The molecule has 8 heteroatoms. The van der Waals surface area contributed by atoms with Crippen LogP contribution in [0.15, 0.2) is 17.2 Å². The Labute approximate surface area is 122 Å². The summed E-state index contributed by atoms with van der Waals surface area (Å²) in [5.74, 6) is 0. The fraction of sp³-hybridized carbons (Fsp3) is 0.545. The summed E-state index contributed by atoms with van der Waals surface area (Å²) in [6.45, 7) is 1.08. The predicted octanol–water partition coefficient (Wildman–Crippen LogP) is 2.24. The van der Waals surface area contributed by atoms with Gasteiger partial charge in [0.25, 0.3) is 0 Å². The van der Waals surface area contributed by atoms with Crippen molar-refractivity contribution in [1.82, 2.24) is 9.71 Å². The van der Waals surface area contributed by atoms with E-state index in [-0.39, 0.29) is 21.2 Å². The van der Waals surface area contributed by atoms with E-state index in [4.69, 9.17) is 27.9 Å². The van der Waals surface area contributed by atoms with Crippen molar-refractivity contribution in [2.45, 2.75) is 30.3 Å². The summed E-state index contributed by atoms with van der Waals surface area (Å²) in [5, 5.41) is 0.198. The Balaban J connectivity index is 1.95. The highest BCUT2D eigenvalue weighted by molar-refractivity contribution is 7.89. The third-order valence-corrected chi connectivity index (χ3v) is 4.98. The molecule has 0 amide bonds. The molecule has 1 fully saturated rings. The van der Waals surface area contributed by atoms with Crippen LogP contribution in [0.1, 0.15) is 19.3 Å². The lowest BCUT2D eigenvalue weighted by Gasteiger charge is -2.10. The van der Waals surface area contributed by atoms with Gasteiger partial charge in [0.15, 0.2) is 0 Å². The molecule has 1 N–H and O–H groups in total. The van der Waals surface area contributed by atoms with E-state index in [0.29, 0.717) is 13.0 Å². The van der Waals surface area contributed by atoms with Crippen molar-refractivity contribution in [3.63, 3.8) is 0 Å². The van der Waals surface area contributed by atoms with E-state index in [1.165, 1.54) is 12.3 Å². The topological polar surface area (TPSA) is 68.3 Å². The van der Waals surface area contributed by atoms with Gasteiger partial charge in [-0.2, -0.15) is 0 Å². The smallest absolute Gasteiger partial charge is 0.242 e. The zero-order valence-corrected chi connectivity index (χ0v) is 12.4. The van der Waals surface area contributed by atoms with Gasteiger partial charge in [0.1, 0.15) is 10.0 Å². The van der Waals surface area contributed by atoms with Gasteiger partial charge in [-0.25, -0.2) is 18.1 Å². The van der Waals surface area contributed by atoms with Gasteiger partial charge in [0.2, 0.25) is 10.0 Å². The normalized spacial score (nSPS) is 19.8. The van der Waals surface area contributed by atoms with Crippen molar-refractivity contribution in [3.05, 3.63) is 22.4 Å². The zero-order chi connectivity index (χ0) is 13.9. The van der Waals surface area contributed by atoms with Crippen LogP contribution in [0.25, 0.3) is 0 Å². The summed E-state index contributed by atoms with van der Waals surface area (Å²) < 4.78 is 31.9. The Hall–Kier alpha value is -0.400. The maximum atomic E-state index is 12.0. The van der Waals surface area contributed by atoms with Gasteiger partial charge in [-0.15, -0.1) is 0 Å². The molecule has 0 bridgehead atoms. The van der Waals surface area contributed by atoms with Crippen LogP contribution in [0.3, 0.4) is 0 Å². The largest absolute Gasteiger partial charge is 0.378 e. The van der Waals surface area contributed by atoms with Gasteiger partial charge >= 0.3 is 0 Å². The highest BCUT2D eigenvalue weighted by Crippen LogP contribution is 2.22. The second-order valence-electron chi connectivity index (χ2n) is 4.27. The monoisotopic (exact) mass is 324 g/mol.